The number of guanidine groups is 1. The van der Waals surface area contributed by atoms with Crippen molar-refractivity contribution in [2.45, 2.75) is 58.5 Å². The smallest absolute Gasteiger partial charge is 0.256 e. The first-order valence-corrected chi connectivity index (χ1v) is 7.33. The van der Waals surface area contributed by atoms with Crippen LogP contribution in [0.4, 0.5) is 0 Å². The van der Waals surface area contributed by atoms with Gasteiger partial charge in [0.15, 0.2) is 12.0 Å². The predicted octanol–water partition coefficient (Wildman–Crippen LogP) is 2.90. The Hall–Kier alpha value is -1.84. The first-order chi connectivity index (χ1) is 9.56. The normalized spacial score (nSPS) is 19.2. The van der Waals surface area contributed by atoms with E-state index in [2.05, 4.69) is 48.5 Å². The molecule has 1 aromatic rings. The minimum atomic E-state index is -0.455. The van der Waals surface area contributed by atoms with Gasteiger partial charge >= 0.3 is 0 Å². The fourth-order valence-electron chi connectivity index (χ4n) is 2.22. The molecule has 0 spiro atoms. The maximum Gasteiger partial charge on any atom is 0.256 e. The van der Waals surface area contributed by atoms with Gasteiger partial charge in [0.2, 0.25) is 0 Å². The average molecular weight is 287 g/mol. The van der Waals surface area contributed by atoms with Crippen LogP contribution in [0.15, 0.2) is 29.3 Å². The van der Waals surface area contributed by atoms with Gasteiger partial charge in [-0.15, -0.1) is 0 Å². The molecule has 1 aromatic carbocycles. The molecule has 0 aromatic heterocycles. The van der Waals surface area contributed by atoms with Crippen LogP contribution in [0.2, 0.25) is 0 Å². The average Bonchev–Trinajstić information content (AvgIpc) is 2.66. The van der Waals surface area contributed by atoms with Crippen LogP contribution in [0.1, 0.15) is 58.7 Å². The van der Waals surface area contributed by atoms with Crippen molar-refractivity contribution in [1.29, 1.82) is 0 Å². The number of nitrogens with zero attached hydrogens (tertiary/aromatic N) is 1. The summed E-state index contributed by atoms with van der Waals surface area (Å²) in [7, 11) is 0. The van der Waals surface area contributed by atoms with Crippen LogP contribution in [0.5, 0.6) is 0 Å². The van der Waals surface area contributed by atoms with E-state index in [4.69, 9.17) is 0 Å². The summed E-state index contributed by atoms with van der Waals surface area (Å²) in [5, 5.41) is 6.01. The van der Waals surface area contributed by atoms with Crippen LogP contribution in [0, 0.1) is 0 Å². The number of rotatable bonds is 1. The minimum Gasteiger partial charge on any atom is -0.351 e. The van der Waals surface area contributed by atoms with E-state index in [1.54, 1.807) is 0 Å². The lowest BCUT2D eigenvalue weighted by molar-refractivity contribution is -0.120. The van der Waals surface area contributed by atoms with Crippen LogP contribution in [0.3, 0.4) is 0 Å². The summed E-state index contributed by atoms with van der Waals surface area (Å²) >= 11 is 0. The molecule has 0 bridgehead atoms. The van der Waals surface area contributed by atoms with Gasteiger partial charge in [0.1, 0.15) is 0 Å². The molecule has 1 atom stereocenters. The second-order valence-electron chi connectivity index (χ2n) is 7.62. The Morgan fingerprint density at radius 3 is 2.10 bits per heavy atom. The molecule has 0 radical (unpaired) electrons. The van der Waals surface area contributed by atoms with Crippen molar-refractivity contribution in [3.05, 3.63) is 35.4 Å². The molecule has 114 valence electrons. The number of hydrogen-bond donors (Lipinski definition) is 2. The topological polar surface area (TPSA) is 53.5 Å². The van der Waals surface area contributed by atoms with Gasteiger partial charge in [0.25, 0.3) is 5.91 Å². The zero-order valence-electron chi connectivity index (χ0n) is 13.7. The van der Waals surface area contributed by atoms with E-state index < -0.39 is 6.04 Å². The predicted molar refractivity (Wildman–Crippen MR) is 86.3 cm³/mol. The van der Waals surface area contributed by atoms with Crippen LogP contribution in [-0.2, 0) is 10.2 Å². The molecule has 2 N–H and O–H groups in total. The summed E-state index contributed by atoms with van der Waals surface area (Å²) in [5.41, 5.74) is 2.16. The third-order valence-corrected chi connectivity index (χ3v) is 3.33. The Balaban J connectivity index is 2.20. The van der Waals surface area contributed by atoms with E-state index in [1.165, 1.54) is 5.56 Å². The zero-order chi connectivity index (χ0) is 15.8. The monoisotopic (exact) mass is 287 g/mol. The second kappa shape index (κ2) is 5.17. The SMILES string of the molecule is CC(C)(C)NC1=NC(c2ccc(C(C)(C)C)cc2)C(=O)N1. The van der Waals surface area contributed by atoms with Gasteiger partial charge in [0, 0.05) is 5.54 Å². The third-order valence-electron chi connectivity index (χ3n) is 3.33. The van der Waals surface area contributed by atoms with Gasteiger partial charge in [0.05, 0.1) is 0 Å². The van der Waals surface area contributed by atoms with Gasteiger partial charge in [-0.05, 0) is 37.3 Å². The Morgan fingerprint density at radius 1 is 1.05 bits per heavy atom. The molecule has 4 nitrogen and oxygen atoms in total. The fraction of sp³-hybridized carbons (Fsp3) is 0.529. The molecule has 1 heterocycles. The first-order valence-electron chi connectivity index (χ1n) is 7.33. The quantitative estimate of drug-likeness (QED) is 0.834. The van der Waals surface area contributed by atoms with Crippen LogP contribution < -0.4 is 10.6 Å². The Kier molecular flexibility index (Phi) is 3.83. The molecule has 4 heteroatoms. The third kappa shape index (κ3) is 3.84. The maximum atomic E-state index is 12.1. The van der Waals surface area contributed by atoms with E-state index in [1.807, 2.05) is 32.9 Å². The molecule has 1 unspecified atom stereocenters. The van der Waals surface area contributed by atoms with E-state index in [0.29, 0.717) is 5.96 Å². The zero-order valence-corrected chi connectivity index (χ0v) is 13.7. The largest absolute Gasteiger partial charge is 0.351 e. The summed E-state index contributed by atoms with van der Waals surface area (Å²) in [6.07, 6.45) is 0. The highest BCUT2D eigenvalue weighted by Crippen LogP contribution is 2.26. The summed E-state index contributed by atoms with van der Waals surface area (Å²) in [5.74, 6) is 0.475. The Labute approximate surface area is 127 Å². The minimum absolute atomic E-state index is 0.0785. The molecule has 0 saturated carbocycles. The van der Waals surface area contributed by atoms with Crippen LogP contribution in [-0.4, -0.2) is 17.4 Å². The van der Waals surface area contributed by atoms with E-state index in [9.17, 15) is 4.79 Å². The Bertz CT molecular complexity index is 559. The van der Waals surface area contributed by atoms with Gasteiger partial charge < -0.3 is 5.32 Å². The summed E-state index contributed by atoms with van der Waals surface area (Å²) in [4.78, 5) is 16.5. The molecule has 1 aliphatic rings. The second-order valence-corrected chi connectivity index (χ2v) is 7.62. The Morgan fingerprint density at radius 2 is 1.62 bits per heavy atom. The van der Waals surface area contributed by atoms with E-state index in [0.717, 1.165) is 5.56 Å². The van der Waals surface area contributed by atoms with Crippen molar-refractivity contribution < 1.29 is 4.79 Å². The molecule has 2 rings (SSSR count). The van der Waals surface area contributed by atoms with Crippen molar-refractivity contribution >= 4 is 11.9 Å². The van der Waals surface area contributed by atoms with E-state index in [-0.39, 0.29) is 16.9 Å². The van der Waals surface area contributed by atoms with Crippen molar-refractivity contribution in [1.82, 2.24) is 10.6 Å². The highest BCUT2D eigenvalue weighted by Gasteiger charge is 2.29. The molecule has 0 saturated heterocycles. The maximum absolute atomic E-state index is 12.1. The summed E-state index contributed by atoms with van der Waals surface area (Å²) in [6.45, 7) is 12.6. The van der Waals surface area contributed by atoms with Gasteiger partial charge in [-0.1, -0.05) is 45.0 Å². The highest BCUT2D eigenvalue weighted by atomic mass is 16.2. The van der Waals surface area contributed by atoms with Crippen molar-refractivity contribution in [2.75, 3.05) is 0 Å². The molecule has 21 heavy (non-hydrogen) atoms. The van der Waals surface area contributed by atoms with Crippen molar-refractivity contribution in [2.24, 2.45) is 4.99 Å². The molecular formula is C17H25N3O. The number of hydrogen-bond acceptors (Lipinski definition) is 3. The van der Waals surface area contributed by atoms with Crippen molar-refractivity contribution in [3.8, 4) is 0 Å². The molecule has 1 amide bonds. The van der Waals surface area contributed by atoms with Gasteiger partial charge in [-0.2, -0.15) is 0 Å². The van der Waals surface area contributed by atoms with Gasteiger partial charge in [-0.25, -0.2) is 4.99 Å². The molecular weight excluding hydrogens is 262 g/mol. The standard InChI is InChI=1S/C17H25N3O/c1-16(2,3)12-9-7-11(8-10-12)13-14(21)19-15(18-13)20-17(4,5)6/h7-10,13H,1-6H3,(H2,18,19,20,21). The molecule has 0 fully saturated rings. The number of carbonyl (C=O) groups is 1. The highest BCUT2D eigenvalue weighted by molar-refractivity contribution is 6.05. The summed E-state index contributed by atoms with van der Waals surface area (Å²) < 4.78 is 0. The molecule has 1 aliphatic heterocycles. The van der Waals surface area contributed by atoms with Crippen LogP contribution >= 0.6 is 0 Å². The first kappa shape index (κ1) is 15.5. The lowest BCUT2D eigenvalue weighted by Crippen LogP contribution is -2.46. The van der Waals surface area contributed by atoms with E-state index >= 15 is 0 Å². The number of benzene rings is 1. The number of carbonyl (C=O) groups excluding carboxylic acids is 1. The lowest BCUT2D eigenvalue weighted by atomic mass is 9.86. The summed E-state index contributed by atoms with van der Waals surface area (Å²) in [6, 6.07) is 7.69. The van der Waals surface area contributed by atoms with Gasteiger partial charge in [-0.3, -0.25) is 10.1 Å². The fourth-order valence-corrected chi connectivity index (χ4v) is 2.22. The van der Waals surface area contributed by atoms with Crippen molar-refractivity contribution in [3.63, 3.8) is 0 Å². The lowest BCUT2D eigenvalue weighted by Gasteiger charge is -2.21. The molecule has 0 aliphatic carbocycles. The number of amides is 1. The number of nitrogens with one attached hydrogen (secondary N) is 2. The number of aliphatic imine (C=N–C) groups is 1. The van der Waals surface area contributed by atoms with Crippen LogP contribution in [0.25, 0.3) is 0 Å².